The Morgan fingerprint density at radius 3 is 2.89 bits per heavy atom. The number of piperazine rings is 1. The topological polar surface area (TPSA) is 54.5 Å². The SMILES string of the molecule is COc1ccccc1C1CNCCN1C(=O)CSc1nc2ccccc2s1.Cl. The molecule has 4 rings (SSSR count). The highest BCUT2D eigenvalue weighted by Crippen LogP contribution is 2.32. The molecule has 2 heterocycles. The molecule has 1 fully saturated rings. The summed E-state index contributed by atoms with van der Waals surface area (Å²) in [4.78, 5) is 19.6. The maximum atomic E-state index is 13.0. The van der Waals surface area contributed by atoms with Gasteiger partial charge in [0.1, 0.15) is 5.75 Å². The van der Waals surface area contributed by atoms with E-state index in [-0.39, 0.29) is 24.4 Å². The van der Waals surface area contributed by atoms with E-state index in [1.165, 1.54) is 11.8 Å². The zero-order valence-corrected chi connectivity index (χ0v) is 17.9. The van der Waals surface area contributed by atoms with E-state index in [9.17, 15) is 4.79 Å². The number of thiazole rings is 1. The maximum absolute atomic E-state index is 13.0. The Morgan fingerprint density at radius 1 is 1.29 bits per heavy atom. The van der Waals surface area contributed by atoms with Gasteiger partial charge >= 0.3 is 0 Å². The first-order chi connectivity index (χ1) is 13.3. The molecule has 148 valence electrons. The number of hydrogen-bond acceptors (Lipinski definition) is 6. The van der Waals surface area contributed by atoms with Gasteiger partial charge in [0.25, 0.3) is 0 Å². The molecular weight excluding hydrogens is 414 g/mol. The second-order valence-electron chi connectivity index (χ2n) is 6.29. The van der Waals surface area contributed by atoms with Gasteiger partial charge in [0.15, 0.2) is 4.34 Å². The summed E-state index contributed by atoms with van der Waals surface area (Å²) in [6.45, 7) is 2.24. The summed E-state index contributed by atoms with van der Waals surface area (Å²) in [6, 6.07) is 16.0. The van der Waals surface area contributed by atoms with Gasteiger partial charge in [-0.25, -0.2) is 4.98 Å². The van der Waals surface area contributed by atoms with Gasteiger partial charge in [-0.1, -0.05) is 42.1 Å². The van der Waals surface area contributed by atoms with Crippen molar-refractivity contribution in [3.05, 3.63) is 54.1 Å². The van der Waals surface area contributed by atoms with Crippen molar-refractivity contribution in [2.45, 2.75) is 10.4 Å². The molecule has 1 N–H and O–H groups in total. The number of para-hydroxylation sites is 2. The van der Waals surface area contributed by atoms with Crippen LogP contribution in [0.1, 0.15) is 11.6 Å². The van der Waals surface area contributed by atoms with Gasteiger partial charge in [0.2, 0.25) is 5.91 Å². The number of fused-ring (bicyclic) bond motifs is 1. The number of rotatable bonds is 5. The highest BCUT2D eigenvalue weighted by Gasteiger charge is 2.29. The van der Waals surface area contributed by atoms with Crippen molar-refractivity contribution in [2.75, 3.05) is 32.5 Å². The largest absolute Gasteiger partial charge is 0.496 e. The number of nitrogens with zero attached hydrogens (tertiary/aromatic N) is 2. The average molecular weight is 436 g/mol. The molecule has 1 unspecified atom stereocenters. The minimum absolute atomic E-state index is 0. The van der Waals surface area contributed by atoms with Crippen LogP contribution in [0.25, 0.3) is 10.2 Å². The first-order valence-electron chi connectivity index (χ1n) is 8.88. The zero-order chi connectivity index (χ0) is 18.6. The van der Waals surface area contributed by atoms with Crippen LogP contribution < -0.4 is 10.1 Å². The lowest BCUT2D eigenvalue weighted by molar-refractivity contribution is -0.131. The quantitative estimate of drug-likeness (QED) is 0.614. The molecule has 1 aromatic heterocycles. The average Bonchev–Trinajstić information content (AvgIpc) is 3.15. The Balaban J connectivity index is 0.00000225. The lowest BCUT2D eigenvalue weighted by atomic mass is 10.0. The van der Waals surface area contributed by atoms with E-state index in [0.717, 1.165) is 39.0 Å². The third-order valence-electron chi connectivity index (χ3n) is 4.66. The van der Waals surface area contributed by atoms with E-state index in [1.807, 2.05) is 47.4 Å². The lowest BCUT2D eigenvalue weighted by Gasteiger charge is -2.37. The minimum Gasteiger partial charge on any atom is -0.496 e. The van der Waals surface area contributed by atoms with Crippen molar-refractivity contribution < 1.29 is 9.53 Å². The highest BCUT2D eigenvalue weighted by atomic mass is 35.5. The number of carbonyl (C=O) groups excluding carboxylic acids is 1. The van der Waals surface area contributed by atoms with Crippen LogP contribution in [0.5, 0.6) is 5.75 Å². The molecule has 0 spiro atoms. The molecule has 1 atom stereocenters. The predicted molar refractivity (Wildman–Crippen MR) is 118 cm³/mol. The smallest absolute Gasteiger partial charge is 0.233 e. The fourth-order valence-corrected chi connectivity index (χ4v) is 5.30. The zero-order valence-electron chi connectivity index (χ0n) is 15.5. The molecule has 0 aliphatic carbocycles. The van der Waals surface area contributed by atoms with Crippen LogP contribution in [0, 0.1) is 0 Å². The number of hydrogen-bond donors (Lipinski definition) is 1. The lowest BCUT2D eigenvalue weighted by Crippen LogP contribution is -2.49. The van der Waals surface area contributed by atoms with Crippen LogP contribution in [0.2, 0.25) is 0 Å². The van der Waals surface area contributed by atoms with Gasteiger partial charge in [-0.15, -0.1) is 23.7 Å². The van der Waals surface area contributed by atoms with Crippen molar-refractivity contribution in [1.29, 1.82) is 0 Å². The van der Waals surface area contributed by atoms with Gasteiger partial charge in [-0.2, -0.15) is 0 Å². The van der Waals surface area contributed by atoms with Gasteiger partial charge < -0.3 is 15.0 Å². The van der Waals surface area contributed by atoms with E-state index in [4.69, 9.17) is 4.74 Å². The van der Waals surface area contributed by atoms with E-state index in [2.05, 4.69) is 16.4 Å². The van der Waals surface area contributed by atoms with Crippen molar-refractivity contribution in [3.8, 4) is 5.75 Å². The summed E-state index contributed by atoms with van der Waals surface area (Å²) in [5.74, 6) is 1.35. The third kappa shape index (κ3) is 4.43. The van der Waals surface area contributed by atoms with Crippen LogP contribution >= 0.6 is 35.5 Å². The van der Waals surface area contributed by atoms with Crippen LogP contribution in [0.3, 0.4) is 0 Å². The molecule has 0 radical (unpaired) electrons. The summed E-state index contributed by atoms with van der Waals surface area (Å²) in [7, 11) is 1.67. The molecule has 1 aliphatic heterocycles. The summed E-state index contributed by atoms with van der Waals surface area (Å²) in [5.41, 5.74) is 2.04. The molecule has 8 heteroatoms. The minimum atomic E-state index is -0.0154. The molecule has 3 aromatic rings. The standard InChI is InChI=1S/C20H21N3O2S2.ClH/c1-25-17-8-4-2-6-14(17)16-12-21-10-11-23(16)19(24)13-26-20-22-15-7-3-5-9-18(15)27-20;/h2-9,16,21H,10-13H2,1H3;1H. The summed E-state index contributed by atoms with van der Waals surface area (Å²) < 4.78 is 7.60. The Labute approximate surface area is 178 Å². The number of nitrogens with one attached hydrogen (secondary N) is 1. The summed E-state index contributed by atoms with van der Waals surface area (Å²) in [5, 5.41) is 3.39. The molecular formula is C20H22ClN3O2S2. The molecule has 2 aromatic carbocycles. The molecule has 0 bridgehead atoms. The fourth-order valence-electron chi connectivity index (χ4n) is 3.34. The Morgan fingerprint density at radius 2 is 2.07 bits per heavy atom. The number of methoxy groups -OCH3 is 1. The van der Waals surface area contributed by atoms with E-state index in [1.54, 1.807) is 18.4 Å². The maximum Gasteiger partial charge on any atom is 0.233 e. The van der Waals surface area contributed by atoms with Gasteiger partial charge in [-0.3, -0.25) is 4.79 Å². The van der Waals surface area contributed by atoms with Crippen LogP contribution in [0.15, 0.2) is 52.9 Å². The van der Waals surface area contributed by atoms with Crippen LogP contribution in [-0.2, 0) is 4.79 Å². The Kier molecular flexibility index (Phi) is 7.18. The first-order valence-corrected chi connectivity index (χ1v) is 10.7. The number of carbonyl (C=O) groups is 1. The van der Waals surface area contributed by atoms with E-state index < -0.39 is 0 Å². The van der Waals surface area contributed by atoms with Crippen LogP contribution in [-0.4, -0.2) is 48.3 Å². The van der Waals surface area contributed by atoms with Crippen LogP contribution in [0.4, 0.5) is 0 Å². The number of thioether (sulfide) groups is 1. The number of ether oxygens (including phenoxy) is 1. The molecule has 1 aliphatic rings. The van der Waals surface area contributed by atoms with Crippen molar-refractivity contribution in [1.82, 2.24) is 15.2 Å². The van der Waals surface area contributed by atoms with Crippen molar-refractivity contribution in [3.63, 3.8) is 0 Å². The van der Waals surface area contributed by atoms with Gasteiger partial charge in [0, 0.05) is 25.2 Å². The summed E-state index contributed by atoms with van der Waals surface area (Å²) in [6.07, 6.45) is 0. The Bertz CT molecular complexity index is 917. The summed E-state index contributed by atoms with van der Waals surface area (Å²) >= 11 is 3.16. The number of amides is 1. The number of aromatic nitrogens is 1. The van der Waals surface area contributed by atoms with E-state index >= 15 is 0 Å². The second-order valence-corrected chi connectivity index (χ2v) is 8.54. The first kappa shape index (κ1) is 20.9. The monoisotopic (exact) mass is 435 g/mol. The third-order valence-corrected chi connectivity index (χ3v) is 6.82. The fraction of sp³-hybridized carbons (Fsp3) is 0.300. The molecule has 5 nitrogen and oxygen atoms in total. The van der Waals surface area contributed by atoms with Crippen molar-refractivity contribution >= 4 is 51.6 Å². The normalized spacial score (nSPS) is 16.6. The molecule has 1 amide bonds. The second kappa shape index (κ2) is 9.60. The van der Waals surface area contributed by atoms with Gasteiger partial charge in [0.05, 0.1) is 29.1 Å². The van der Waals surface area contributed by atoms with Gasteiger partial charge in [-0.05, 0) is 18.2 Å². The van der Waals surface area contributed by atoms with E-state index in [0.29, 0.717) is 12.3 Å². The van der Waals surface area contributed by atoms with Crippen molar-refractivity contribution in [2.24, 2.45) is 0 Å². The Hall–Kier alpha value is -1.80. The molecule has 28 heavy (non-hydrogen) atoms. The molecule has 1 saturated heterocycles. The molecule has 0 saturated carbocycles. The number of halogens is 1. The number of benzene rings is 2. The highest BCUT2D eigenvalue weighted by molar-refractivity contribution is 8.01. The predicted octanol–water partition coefficient (Wildman–Crippen LogP) is 3.99.